The minimum atomic E-state index is -0.392. The second-order valence-electron chi connectivity index (χ2n) is 3.41. The standard InChI is InChI=1S/C10H15BrClNO2S/c1-15-6-7(14)2-3-13-5-8-4-9(11)10(12)16-8/h4,7,13-14H,2-3,5-6H2,1H3. The molecule has 0 aromatic carbocycles. The van der Waals surface area contributed by atoms with Crippen molar-refractivity contribution in [2.45, 2.75) is 19.1 Å². The summed E-state index contributed by atoms with van der Waals surface area (Å²) in [6, 6.07) is 2.01. The summed E-state index contributed by atoms with van der Waals surface area (Å²) in [5.41, 5.74) is 0. The molecule has 1 heterocycles. The van der Waals surface area contributed by atoms with E-state index in [0.29, 0.717) is 13.0 Å². The monoisotopic (exact) mass is 327 g/mol. The Labute approximate surface area is 113 Å². The van der Waals surface area contributed by atoms with Gasteiger partial charge in [0.1, 0.15) is 4.34 Å². The minimum absolute atomic E-state index is 0.387. The Kier molecular flexibility index (Phi) is 6.87. The molecule has 6 heteroatoms. The summed E-state index contributed by atoms with van der Waals surface area (Å²) in [5, 5.41) is 12.7. The molecule has 1 aromatic rings. The normalized spacial score (nSPS) is 13.0. The third-order valence-electron chi connectivity index (χ3n) is 2.01. The van der Waals surface area contributed by atoms with Crippen LogP contribution in [0.4, 0.5) is 0 Å². The maximum atomic E-state index is 9.40. The molecule has 2 N–H and O–H groups in total. The van der Waals surface area contributed by atoms with Gasteiger partial charge in [0.25, 0.3) is 0 Å². The zero-order valence-electron chi connectivity index (χ0n) is 9.00. The van der Waals surface area contributed by atoms with Crippen molar-refractivity contribution >= 4 is 38.9 Å². The predicted molar refractivity (Wildman–Crippen MR) is 71.2 cm³/mol. The molecule has 0 bridgehead atoms. The number of methoxy groups -OCH3 is 1. The number of ether oxygens (including phenoxy) is 1. The lowest BCUT2D eigenvalue weighted by molar-refractivity contribution is 0.0594. The number of thiophene rings is 1. The topological polar surface area (TPSA) is 41.5 Å². The Hall–Kier alpha value is 0.350. The summed E-state index contributed by atoms with van der Waals surface area (Å²) < 4.78 is 6.55. The quantitative estimate of drug-likeness (QED) is 0.756. The lowest BCUT2D eigenvalue weighted by Crippen LogP contribution is -2.22. The molecular weight excluding hydrogens is 314 g/mol. The maximum Gasteiger partial charge on any atom is 0.107 e. The smallest absolute Gasteiger partial charge is 0.107 e. The van der Waals surface area contributed by atoms with E-state index in [-0.39, 0.29) is 0 Å². The Morgan fingerprint density at radius 2 is 2.44 bits per heavy atom. The Morgan fingerprint density at radius 1 is 1.69 bits per heavy atom. The maximum absolute atomic E-state index is 9.40. The van der Waals surface area contributed by atoms with Gasteiger partial charge in [-0.25, -0.2) is 0 Å². The van der Waals surface area contributed by atoms with Crippen molar-refractivity contribution in [3.63, 3.8) is 0 Å². The molecular formula is C10H15BrClNO2S. The van der Waals surface area contributed by atoms with Crippen LogP contribution in [0.25, 0.3) is 0 Å². The van der Waals surface area contributed by atoms with E-state index in [2.05, 4.69) is 21.2 Å². The first-order valence-electron chi connectivity index (χ1n) is 4.95. The van der Waals surface area contributed by atoms with Gasteiger partial charge in [0, 0.05) is 23.0 Å². The average Bonchev–Trinajstić information content (AvgIpc) is 2.54. The van der Waals surface area contributed by atoms with Crippen LogP contribution in [0.3, 0.4) is 0 Å². The second-order valence-corrected chi connectivity index (χ2v) is 6.00. The lowest BCUT2D eigenvalue weighted by Gasteiger charge is -2.09. The van der Waals surface area contributed by atoms with Crippen LogP contribution in [0.5, 0.6) is 0 Å². The molecule has 0 saturated heterocycles. The van der Waals surface area contributed by atoms with Gasteiger partial charge in [-0.15, -0.1) is 11.3 Å². The zero-order chi connectivity index (χ0) is 12.0. The molecule has 0 saturated carbocycles. The molecule has 0 fully saturated rings. The SMILES string of the molecule is COCC(O)CCNCc1cc(Br)c(Cl)s1. The van der Waals surface area contributed by atoms with E-state index in [4.69, 9.17) is 16.3 Å². The Bertz CT molecular complexity index is 302. The largest absolute Gasteiger partial charge is 0.391 e. The third kappa shape index (κ3) is 5.12. The Balaban J connectivity index is 2.16. The fourth-order valence-electron chi connectivity index (χ4n) is 1.23. The van der Waals surface area contributed by atoms with E-state index in [9.17, 15) is 5.11 Å². The Morgan fingerprint density at radius 3 is 3.00 bits per heavy atom. The molecule has 92 valence electrons. The van der Waals surface area contributed by atoms with Crippen LogP contribution in [0.2, 0.25) is 4.34 Å². The zero-order valence-corrected chi connectivity index (χ0v) is 12.2. The van der Waals surface area contributed by atoms with E-state index in [1.165, 1.54) is 4.88 Å². The summed E-state index contributed by atoms with van der Waals surface area (Å²) >= 11 is 10.8. The second kappa shape index (κ2) is 7.63. The molecule has 16 heavy (non-hydrogen) atoms. The lowest BCUT2D eigenvalue weighted by atomic mass is 10.2. The molecule has 1 atom stereocenters. The molecule has 0 aliphatic carbocycles. The number of hydrogen-bond donors (Lipinski definition) is 2. The third-order valence-corrected chi connectivity index (χ3v) is 4.48. The van der Waals surface area contributed by atoms with Gasteiger partial charge in [0.15, 0.2) is 0 Å². The van der Waals surface area contributed by atoms with Crippen LogP contribution in [0, 0.1) is 0 Å². The molecule has 0 aliphatic rings. The van der Waals surface area contributed by atoms with Crippen molar-refractivity contribution < 1.29 is 9.84 Å². The molecule has 0 aliphatic heterocycles. The number of rotatable bonds is 7. The first-order chi connectivity index (χ1) is 7.63. The van der Waals surface area contributed by atoms with Gasteiger partial charge in [0.05, 0.1) is 12.7 Å². The van der Waals surface area contributed by atoms with Crippen LogP contribution in [-0.2, 0) is 11.3 Å². The van der Waals surface area contributed by atoms with E-state index >= 15 is 0 Å². The summed E-state index contributed by atoms with van der Waals surface area (Å²) in [6.45, 7) is 1.92. The molecule has 1 unspecified atom stereocenters. The minimum Gasteiger partial charge on any atom is -0.391 e. The van der Waals surface area contributed by atoms with Crippen molar-refractivity contribution in [3.05, 3.63) is 19.8 Å². The highest BCUT2D eigenvalue weighted by Crippen LogP contribution is 2.31. The highest BCUT2D eigenvalue weighted by Gasteiger charge is 2.05. The van der Waals surface area contributed by atoms with Gasteiger partial charge in [-0.05, 0) is 35.0 Å². The summed E-state index contributed by atoms with van der Waals surface area (Å²) in [7, 11) is 1.59. The van der Waals surface area contributed by atoms with E-state index in [0.717, 1.165) is 21.9 Å². The first-order valence-corrected chi connectivity index (χ1v) is 6.93. The van der Waals surface area contributed by atoms with Crippen molar-refractivity contribution in [2.75, 3.05) is 20.3 Å². The highest BCUT2D eigenvalue weighted by atomic mass is 79.9. The number of hydrogen-bond acceptors (Lipinski definition) is 4. The van der Waals surface area contributed by atoms with Gasteiger partial charge in [-0.2, -0.15) is 0 Å². The molecule has 1 rings (SSSR count). The molecule has 0 amide bonds. The van der Waals surface area contributed by atoms with Gasteiger partial charge in [-0.1, -0.05) is 11.6 Å². The molecule has 0 spiro atoms. The van der Waals surface area contributed by atoms with Crippen molar-refractivity contribution in [1.29, 1.82) is 0 Å². The summed E-state index contributed by atoms with van der Waals surface area (Å²) in [5.74, 6) is 0. The number of aliphatic hydroxyl groups is 1. The van der Waals surface area contributed by atoms with Crippen molar-refractivity contribution in [3.8, 4) is 0 Å². The van der Waals surface area contributed by atoms with E-state index in [1.807, 2.05) is 6.07 Å². The first kappa shape index (κ1) is 14.4. The molecule has 3 nitrogen and oxygen atoms in total. The van der Waals surface area contributed by atoms with E-state index in [1.54, 1.807) is 18.4 Å². The summed E-state index contributed by atoms with van der Waals surface area (Å²) in [6.07, 6.45) is 0.296. The average molecular weight is 329 g/mol. The summed E-state index contributed by atoms with van der Waals surface area (Å²) in [4.78, 5) is 1.18. The van der Waals surface area contributed by atoms with Crippen LogP contribution >= 0.6 is 38.9 Å². The molecule has 0 radical (unpaired) electrons. The number of aliphatic hydroxyl groups excluding tert-OH is 1. The fraction of sp³-hybridized carbons (Fsp3) is 0.600. The molecule has 1 aromatic heterocycles. The number of nitrogens with one attached hydrogen (secondary N) is 1. The van der Waals surface area contributed by atoms with Gasteiger partial charge in [0.2, 0.25) is 0 Å². The van der Waals surface area contributed by atoms with E-state index < -0.39 is 6.10 Å². The van der Waals surface area contributed by atoms with Crippen LogP contribution in [0.15, 0.2) is 10.5 Å². The van der Waals surface area contributed by atoms with Gasteiger partial charge in [-0.3, -0.25) is 0 Å². The van der Waals surface area contributed by atoms with Gasteiger partial charge < -0.3 is 15.2 Å². The fourth-order valence-corrected chi connectivity index (χ4v) is 2.99. The van der Waals surface area contributed by atoms with Crippen molar-refractivity contribution in [1.82, 2.24) is 5.32 Å². The van der Waals surface area contributed by atoms with Gasteiger partial charge >= 0.3 is 0 Å². The van der Waals surface area contributed by atoms with Crippen molar-refractivity contribution in [2.24, 2.45) is 0 Å². The highest BCUT2D eigenvalue weighted by molar-refractivity contribution is 9.10. The van der Waals surface area contributed by atoms with Crippen LogP contribution in [-0.4, -0.2) is 31.5 Å². The van der Waals surface area contributed by atoms with Crippen LogP contribution < -0.4 is 5.32 Å². The predicted octanol–water partition coefficient (Wildman–Crippen LogP) is 2.65. The van der Waals surface area contributed by atoms with Crippen LogP contribution in [0.1, 0.15) is 11.3 Å². The number of halogens is 2.